The largest absolute Gasteiger partial charge is 0.573 e. The van der Waals surface area contributed by atoms with Crippen molar-refractivity contribution in [2.45, 2.75) is 6.36 Å². The number of halogens is 4. The summed E-state index contributed by atoms with van der Waals surface area (Å²) in [4.78, 5) is 33.2. The second kappa shape index (κ2) is 17.2. The van der Waals surface area contributed by atoms with Crippen LogP contribution in [0.3, 0.4) is 0 Å². The maximum absolute atomic E-state index is 13.8. The Labute approximate surface area is 272 Å². The maximum atomic E-state index is 13.8. The van der Waals surface area contributed by atoms with Gasteiger partial charge in [-0.05, 0) is 48.5 Å². The lowest BCUT2D eigenvalue weighted by atomic mass is 9.79. The number of nitrogens with one attached hydrogen (secondary N) is 3. The minimum atomic E-state index is -4.78. The van der Waals surface area contributed by atoms with Crippen molar-refractivity contribution in [3.8, 4) is 17.0 Å². The molecule has 0 aliphatic carbocycles. The molecule has 252 valence electrons. The third kappa shape index (κ3) is 11.3. The van der Waals surface area contributed by atoms with E-state index in [1.807, 2.05) is 0 Å². The number of benzene rings is 3. The summed E-state index contributed by atoms with van der Waals surface area (Å²) in [5.74, 6) is -1.75. The number of carbonyl (C=O) groups excluding carboxylic acids is 2. The number of ether oxygens (including phenoxy) is 3. The first-order valence-electron chi connectivity index (χ1n) is 14.4. The molecule has 0 aliphatic rings. The van der Waals surface area contributed by atoms with Crippen LogP contribution in [-0.4, -0.2) is 84.8 Å². The Morgan fingerprint density at radius 2 is 1.44 bits per heavy atom. The minimum absolute atomic E-state index is 0.0262. The van der Waals surface area contributed by atoms with Crippen LogP contribution in [0.15, 0.2) is 79.1 Å². The maximum Gasteiger partial charge on any atom is 0.573 e. The van der Waals surface area contributed by atoms with Crippen molar-refractivity contribution in [1.82, 2.24) is 20.6 Å². The third-order valence-electron chi connectivity index (χ3n) is 6.42. The zero-order valence-electron chi connectivity index (χ0n) is 25.2. The van der Waals surface area contributed by atoms with E-state index in [0.29, 0.717) is 28.3 Å². The van der Waals surface area contributed by atoms with Gasteiger partial charge in [0, 0.05) is 47.0 Å². The number of nitrogens with zero attached hydrogens (tertiary/aromatic N) is 2. The summed E-state index contributed by atoms with van der Waals surface area (Å²) in [5, 5.41) is 26.4. The Balaban J connectivity index is 1.13. The molecule has 1 heterocycles. The number of aromatic nitrogens is 2. The number of anilines is 2. The van der Waals surface area contributed by atoms with Crippen LogP contribution in [0.4, 0.5) is 29.1 Å². The van der Waals surface area contributed by atoms with E-state index in [9.17, 15) is 27.2 Å². The molecule has 48 heavy (non-hydrogen) atoms. The van der Waals surface area contributed by atoms with Crippen LogP contribution >= 0.6 is 0 Å². The molecule has 3 aromatic carbocycles. The van der Waals surface area contributed by atoms with Crippen molar-refractivity contribution in [3.05, 3.63) is 96.1 Å². The highest BCUT2D eigenvalue weighted by molar-refractivity contribution is 6.58. The fourth-order valence-electron chi connectivity index (χ4n) is 4.17. The second-order valence-electron chi connectivity index (χ2n) is 9.91. The molecule has 0 saturated carbocycles. The Morgan fingerprint density at radius 1 is 0.792 bits per heavy atom. The predicted octanol–water partition coefficient (Wildman–Crippen LogP) is 2.80. The highest BCUT2D eigenvalue weighted by atomic mass is 19.4. The average Bonchev–Trinajstić information content (AvgIpc) is 3.05. The molecule has 0 aliphatic heterocycles. The van der Waals surface area contributed by atoms with E-state index in [2.05, 4.69) is 30.7 Å². The highest BCUT2D eigenvalue weighted by Crippen LogP contribution is 2.26. The van der Waals surface area contributed by atoms with Crippen LogP contribution in [0.2, 0.25) is 0 Å². The highest BCUT2D eigenvalue weighted by Gasteiger charge is 2.31. The summed E-state index contributed by atoms with van der Waals surface area (Å²) in [6, 6.07) is 16.9. The number of amides is 2. The van der Waals surface area contributed by atoms with Crippen LogP contribution in [0.1, 0.15) is 20.7 Å². The quantitative estimate of drug-likeness (QED) is 0.0680. The number of rotatable bonds is 16. The van der Waals surface area contributed by atoms with Crippen LogP contribution in [0, 0.1) is 5.82 Å². The van der Waals surface area contributed by atoms with Crippen molar-refractivity contribution in [3.63, 3.8) is 0 Å². The predicted molar refractivity (Wildman–Crippen MR) is 166 cm³/mol. The van der Waals surface area contributed by atoms with Crippen molar-refractivity contribution in [1.29, 1.82) is 0 Å². The molecule has 0 spiro atoms. The topological polar surface area (TPSA) is 164 Å². The van der Waals surface area contributed by atoms with Gasteiger partial charge in [0.25, 0.3) is 11.8 Å². The molecule has 0 radical (unpaired) electrons. The average molecular weight is 671 g/mol. The Kier molecular flexibility index (Phi) is 12.8. The summed E-state index contributed by atoms with van der Waals surface area (Å²) in [6.07, 6.45) is -3.47. The van der Waals surface area contributed by atoms with Gasteiger partial charge in [-0.2, -0.15) is 0 Å². The summed E-state index contributed by atoms with van der Waals surface area (Å²) in [6.45, 7) is 1.26. The van der Waals surface area contributed by atoms with E-state index in [0.717, 1.165) is 12.1 Å². The molecule has 0 unspecified atom stereocenters. The van der Waals surface area contributed by atoms with Crippen molar-refractivity contribution < 1.29 is 51.4 Å². The molecule has 0 saturated heterocycles. The van der Waals surface area contributed by atoms with Gasteiger partial charge >= 0.3 is 13.5 Å². The van der Waals surface area contributed by atoms with Gasteiger partial charge in [0.15, 0.2) is 0 Å². The van der Waals surface area contributed by atoms with Gasteiger partial charge in [0.05, 0.1) is 32.1 Å². The lowest BCUT2D eigenvalue weighted by molar-refractivity contribution is -0.274. The SMILES string of the molecule is O=C(NCCOCCOCCNC(=O)c1ccc(B(O)O)c(F)c1)c1cccc(-c2cc(Nc3ccc(OC(F)(F)F)cc3)ncn2)c1. The summed E-state index contributed by atoms with van der Waals surface area (Å²) < 4.78 is 65.7. The summed E-state index contributed by atoms with van der Waals surface area (Å²) >= 11 is 0. The third-order valence-corrected chi connectivity index (χ3v) is 6.42. The number of hydrogen-bond acceptors (Lipinski definition) is 10. The normalized spacial score (nSPS) is 11.1. The molecule has 5 N–H and O–H groups in total. The lowest BCUT2D eigenvalue weighted by Crippen LogP contribution is -2.34. The van der Waals surface area contributed by atoms with E-state index >= 15 is 0 Å². The van der Waals surface area contributed by atoms with E-state index in [4.69, 9.17) is 19.5 Å². The van der Waals surface area contributed by atoms with Gasteiger partial charge < -0.3 is 40.2 Å². The number of alkyl halides is 3. The van der Waals surface area contributed by atoms with E-state index < -0.39 is 25.2 Å². The van der Waals surface area contributed by atoms with Crippen molar-refractivity contribution in [2.75, 3.05) is 44.8 Å². The Hall–Kier alpha value is -5.10. The first-order chi connectivity index (χ1) is 23.0. The smallest absolute Gasteiger partial charge is 0.423 e. The lowest BCUT2D eigenvalue weighted by Gasteiger charge is -2.11. The first kappa shape index (κ1) is 35.8. The zero-order valence-corrected chi connectivity index (χ0v) is 25.2. The summed E-state index contributed by atoms with van der Waals surface area (Å²) in [5.41, 5.74) is 1.70. The van der Waals surface area contributed by atoms with Crippen LogP contribution in [0.25, 0.3) is 11.3 Å². The molecular formula is C31H30BF4N5O7. The number of carbonyl (C=O) groups is 2. The van der Waals surface area contributed by atoms with Crippen LogP contribution in [-0.2, 0) is 9.47 Å². The van der Waals surface area contributed by atoms with Gasteiger partial charge in [-0.25, -0.2) is 14.4 Å². The van der Waals surface area contributed by atoms with Gasteiger partial charge in [0.1, 0.15) is 23.7 Å². The van der Waals surface area contributed by atoms with Gasteiger partial charge in [-0.1, -0.05) is 18.2 Å². The summed E-state index contributed by atoms with van der Waals surface area (Å²) in [7, 11) is -1.97. The molecule has 12 nitrogen and oxygen atoms in total. The van der Waals surface area contributed by atoms with E-state index in [-0.39, 0.29) is 62.2 Å². The zero-order chi connectivity index (χ0) is 34.5. The van der Waals surface area contributed by atoms with Crippen LogP contribution < -0.4 is 26.2 Å². The molecule has 4 aromatic rings. The van der Waals surface area contributed by atoms with Gasteiger partial charge in [0.2, 0.25) is 0 Å². The molecule has 0 atom stereocenters. The van der Waals surface area contributed by atoms with Crippen LogP contribution in [0.5, 0.6) is 5.75 Å². The van der Waals surface area contributed by atoms with Gasteiger partial charge in [-0.3, -0.25) is 9.59 Å². The molecule has 0 bridgehead atoms. The molecule has 17 heteroatoms. The standard InChI is InChI=1S/C31H30BF4N5O7/c33-26-17-22(4-9-25(26)32(44)45)30(43)38-11-13-47-15-14-46-12-10-37-29(42)21-3-1-2-20(16-21)27-18-28(40-19-39-27)41-23-5-7-24(8-6-23)48-31(34,35)36/h1-9,16-19,44-45H,10-15H2,(H,37,42)(H,38,43)(H,39,40,41). The molecule has 1 aromatic heterocycles. The van der Waals surface area contributed by atoms with E-state index in [1.165, 1.54) is 36.7 Å². The van der Waals surface area contributed by atoms with Gasteiger partial charge in [-0.15, -0.1) is 13.2 Å². The fraction of sp³-hybridized carbons (Fsp3) is 0.226. The van der Waals surface area contributed by atoms with Crippen molar-refractivity contribution >= 4 is 35.9 Å². The monoisotopic (exact) mass is 671 g/mol. The fourth-order valence-corrected chi connectivity index (χ4v) is 4.17. The minimum Gasteiger partial charge on any atom is -0.423 e. The molecule has 4 rings (SSSR count). The second-order valence-corrected chi connectivity index (χ2v) is 9.91. The molecular weight excluding hydrogens is 641 g/mol. The first-order valence-corrected chi connectivity index (χ1v) is 14.4. The van der Waals surface area contributed by atoms with E-state index in [1.54, 1.807) is 30.3 Å². The Bertz CT molecular complexity index is 1680. The molecule has 0 fully saturated rings. The Morgan fingerprint density at radius 3 is 2.04 bits per heavy atom. The number of hydrogen-bond donors (Lipinski definition) is 5. The van der Waals surface area contributed by atoms with Crippen molar-refractivity contribution in [2.24, 2.45) is 0 Å². The molecule has 2 amide bonds.